The number of nitrogens with zero attached hydrogens (tertiary/aromatic N) is 2. The van der Waals surface area contributed by atoms with Gasteiger partial charge >= 0.3 is 0 Å². The Hall–Kier alpha value is -1.59. The number of phenols is 1. The first-order valence-electron chi connectivity index (χ1n) is 7.30. The summed E-state index contributed by atoms with van der Waals surface area (Å²) in [4.78, 5) is 16.4. The molecule has 1 aliphatic rings. The fraction of sp³-hybridized carbons (Fsp3) is 0.562. The molecule has 0 aromatic heterocycles. The van der Waals surface area contributed by atoms with E-state index in [0.717, 1.165) is 18.7 Å². The standard InChI is InChI=1S/C16H24N2O3/c1-12-4-5-13(10-14(12)19)15(20)18-8-6-17(7-9-18)11-16(2,3)21/h4-5,10,19,21H,6-9,11H2,1-3H3. The second kappa shape index (κ2) is 6.03. The lowest BCUT2D eigenvalue weighted by Gasteiger charge is -2.37. The first-order chi connectivity index (χ1) is 9.76. The zero-order valence-corrected chi connectivity index (χ0v) is 13.0. The van der Waals surface area contributed by atoms with Gasteiger partial charge in [-0.15, -0.1) is 0 Å². The predicted octanol–water partition coefficient (Wildman–Crippen LogP) is 1.23. The molecule has 1 aromatic carbocycles. The van der Waals surface area contributed by atoms with E-state index in [1.807, 2.05) is 0 Å². The molecule has 2 rings (SSSR count). The molecule has 0 atom stereocenters. The third-order valence-corrected chi connectivity index (χ3v) is 3.73. The lowest BCUT2D eigenvalue weighted by atomic mass is 10.1. The molecule has 1 saturated heterocycles. The van der Waals surface area contributed by atoms with Gasteiger partial charge in [0.25, 0.3) is 5.91 Å². The number of carbonyl (C=O) groups is 1. The Morgan fingerprint density at radius 2 is 1.86 bits per heavy atom. The Morgan fingerprint density at radius 3 is 2.38 bits per heavy atom. The van der Waals surface area contributed by atoms with Crippen LogP contribution in [0.1, 0.15) is 29.8 Å². The van der Waals surface area contributed by atoms with Crippen molar-refractivity contribution in [3.8, 4) is 5.75 Å². The first-order valence-corrected chi connectivity index (χ1v) is 7.30. The molecule has 1 aromatic rings. The number of aryl methyl sites for hydroxylation is 1. The van der Waals surface area contributed by atoms with Gasteiger partial charge in [-0.3, -0.25) is 9.69 Å². The van der Waals surface area contributed by atoms with Crippen molar-refractivity contribution in [2.75, 3.05) is 32.7 Å². The van der Waals surface area contributed by atoms with Crippen molar-refractivity contribution < 1.29 is 15.0 Å². The Kier molecular flexibility index (Phi) is 4.54. The highest BCUT2D eigenvalue weighted by Gasteiger charge is 2.25. The molecule has 1 heterocycles. The third kappa shape index (κ3) is 4.19. The molecule has 0 aliphatic carbocycles. The minimum absolute atomic E-state index is 0.0480. The van der Waals surface area contributed by atoms with Gasteiger partial charge in [-0.05, 0) is 38.5 Å². The van der Waals surface area contributed by atoms with E-state index in [1.165, 1.54) is 6.07 Å². The number of hydrogen-bond acceptors (Lipinski definition) is 4. The van der Waals surface area contributed by atoms with Crippen molar-refractivity contribution in [3.63, 3.8) is 0 Å². The van der Waals surface area contributed by atoms with E-state index in [9.17, 15) is 15.0 Å². The van der Waals surface area contributed by atoms with Gasteiger partial charge in [0.05, 0.1) is 5.60 Å². The van der Waals surface area contributed by atoms with E-state index < -0.39 is 5.60 Å². The summed E-state index contributed by atoms with van der Waals surface area (Å²) in [7, 11) is 0. The minimum atomic E-state index is -0.713. The van der Waals surface area contributed by atoms with Gasteiger partial charge in [-0.25, -0.2) is 0 Å². The van der Waals surface area contributed by atoms with Crippen LogP contribution < -0.4 is 0 Å². The summed E-state index contributed by atoms with van der Waals surface area (Å²) < 4.78 is 0. The van der Waals surface area contributed by atoms with E-state index in [4.69, 9.17) is 0 Å². The maximum absolute atomic E-state index is 12.4. The minimum Gasteiger partial charge on any atom is -0.508 e. The Labute approximate surface area is 125 Å². The number of rotatable bonds is 3. The van der Waals surface area contributed by atoms with Gasteiger partial charge in [0.2, 0.25) is 0 Å². The summed E-state index contributed by atoms with van der Waals surface area (Å²) in [6.45, 7) is 8.80. The van der Waals surface area contributed by atoms with Crippen LogP contribution in [0.25, 0.3) is 0 Å². The van der Waals surface area contributed by atoms with Crippen LogP contribution in [0.5, 0.6) is 5.75 Å². The van der Waals surface area contributed by atoms with Crippen LogP contribution in [0.3, 0.4) is 0 Å². The maximum Gasteiger partial charge on any atom is 0.254 e. The van der Waals surface area contributed by atoms with Crippen LogP contribution in [0.15, 0.2) is 18.2 Å². The zero-order valence-electron chi connectivity index (χ0n) is 13.0. The van der Waals surface area contributed by atoms with Crippen LogP contribution in [-0.2, 0) is 0 Å². The van der Waals surface area contributed by atoms with Crippen LogP contribution in [0, 0.1) is 6.92 Å². The number of β-amino-alcohol motifs (C(OH)–C–C–N with tert-alkyl or cyclic N) is 1. The molecule has 0 unspecified atom stereocenters. The number of phenolic OH excluding ortho intramolecular Hbond substituents is 1. The fourth-order valence-electron chi connectivity index (χ4n) is 2.58. The normalized spacial score (nSPS) is 17.0. The van der Waals surface area contributed by atoms with Gasteiger partial charge in [0.1, 0.15) is 5.75 Å². The molecule has 21 heavy (non-hydrogen) atoms. The molecular formula is C16H24N2O3. The lowest BCUT2D eigenvalue weighted by molar-refractivity contribution is 0.0178. The SMILES string of the molecule is Cc1ccc(C(=O)N2CCN(CC(C)(C)O)CC2)cc1O. The summed E-state index contributed by atoms with van der Waals surface area (Å²) in [6, 6.07) is 5.04. The summed E-state index contributed by atoms with van der Waals surface area (Å²) in [5.41, 5.74) is 0.574. The predicted molar refractivity (Wildman–Crippen MR) is 81.5 cm³/mol. The van der Waals surface area contributed by atoms with E-state index in [0.29, 0.717) is 25.2 Å². The number of amides is 1. The molecule has 1 aliphatic heterocycles. The molecule has 1 amide bonds. The number of hydrogen-bond donors (Lipinski definition) is 2. The second-order valence-corrected chi connectivity index (χ2v) is 6.38. The van der Waals surface area contributed by atoms with Crippen LogP contribution in [0.4, 0.5) is 0 Å². The molecule has 116 valence electrons. The van der Waals surface area contributed by atoms with Crippen molar-refractivity contribution in [1.29, 1.82) is 0 Å². The van der Waals surface area contributed by atoms with E-state index in [2.05, 4.69) is 4.90 Å². The van der Waals surface area contributed by atoms with Crippen LogP contribution >= 0.6 is 0 Å². The van der Waals surface area contributed by atoms with Crippen molar-refractivity contribution in [3.05, 3.63) is 29.3 Å². The monoisotopic (exact) mass is 292 g/mol. The largest absolute Gasteiger partial charge is 0.508 e. The second-order valence-electron chi connectivity index (χ2n) is 6.38. The van der Waals surface area contributed by atoms with Crippen molar-refractivity contribution in [1.82, 2.24) is 9.80 Å². The number of aliphatic hydroxyl groups is 1. The molecule has 5 heteroatoms. The van der Waals surface area contributed by atoms with Gasteiger partial charge in [0.15, 0.2) is 0 Å². The topological polar surface area (TPSA) is 64.0 Å². The highest BCUT2D eigenvalue weighted by Crippen LogP contribution is 2.19. The van der Waals surface area contributed by atoms with Gasteiger partial charge < -0.3 is 15.1 Å². The molecule has 0 spiro atoms. The number of carbonyl (C=O) groups excluding carboxylic acids is 1. The molecule has 0 saturated carbocycles. The molecule has 2 N–H and O–H groups in total. The zero-order chi connectivity index (χ0) is 15.6. The summed E-state index contributed by atoms with van der Waals surface area (Å²) >= 11 is 0. The lowest BCUT2D eigenvalue weighted by Crippen LogP contribution is -2.51. The molecule has 0 radical (unpaired) electrons. The van der Waals surface area contributed by atoms with Gasteiger partial charge in [0, 0.05) is 38.3 Å². The average molecular weight is 292 g/mol. The number of aromatic hydroxyl groups is 1. The average Bonchev–Trinajstić information content (AvgIpc) is 2.40. The summed E-state index contributed by atoms with van der Waals surface area (Å²) in [5.74, 6) is 0.106. The summed E-state index contributed by atoms with van der Waals surface area (Å²) in [5, 5.41) is 19.5. The molecule has 5 nitrogen and oxygen atoms in total. The van der Waals surface area contributed by atoms with Crippen LogP contribution in [-0.4, -0.2) is 64.2 Å². The van der Waals surface area contributed by atoms with E-state index >= 15 is 0 Å². The quantitative estimate of drug-likeness (QED) is 0.879. The van der Waals surface area contributed by atoms with E-state index in [1.54, 1.807) is 37.8 Å². The summed E-state index contributed by atoms with van der Waals surface area (Å²) in [6.07, 6.45) is 0. The van der Waals surface area contributed by atoms with Crippen LogP contribution in [0.2, 0.25) is 0 Å². The van der Waals surface area contributed by atoms with E-state index in [-0.39, 0.29) is 11.7 Å². The van der Waals surface area contributed by atoms with Gasteiger partial charge in [-0.1, -0.05) is 6.07 Å². The highest BCUT2D eigenvalue weighted by atomic mass is 16.3. The third-order valence-electron chi connectivity index (χ3n) is 3.73. The number of piperazine rings is 1. The Morgan fingerprint density at radius 1 is 1.24 bits per heavy atom. The smallest absolute Gasteiger partial charge is 0.254 e. The Bertz CT molecular complexity index is 515. The molecular weight excluding hydrogens is 268 g/mol. The first kappa shape index (κ1) is 15.8. The van der Waals surface area contributed by atoms with Crippen molar-refractivity contribution in [2.24, 2.45) is 0 Å². The highest BCUT2D eigenvalue weighted by molar-refractivity contribution is 5.94. The van der Waals surface area contributed by atoms with Crippen molar-refractivity contribution >= 4 is 5.91 Å². The maximum atomic E-state index is 12.4. The van der Waals surface area contributed by atoms with Crippen molar-refractivity contribution in [2.45, 2.75) is 26.4 Å². The Balaban J connectivity index is 1.95. The van der Waals surface area contributed by atoms with Gasteiger partial charge in [-0.2, -0.15) is 0 Å². The molecule has 1 fully saturated rings. The molecule has 0 bridgehead atoms. The fourth-order valence-corrected chi connectivity index (χ4v) is 2.58. The number of benzene rings is 1.